The maximum Gasteiger partial charge on any atom is 0.344 e. The maximum atomic E-state index is 13.2. The van der Waals surface area contributed by atoms with Crippen LogP contribution >= 0.6 is 15.9 Å². The van der Waals surface area contributed by atoms with Gasteiger partial charge in [0.1, 0.15) is 11.3 Å². The molecule has 0 unspecified atom stereocenters. The number of carbonyl (C=O) groups is 4. The molecule has 0 spiro atoms. The van der Waals surface area contributed by atoms with E-state index in [2.05, 4.69) is 27.8 Å². The molecule has 1 fully saturated rings. The van der Waals surface area contributed by atoms with E-state index < -0.39 is 23.8 Å². The molecule has 1 aliphatic heterocycles. The van der Waals surface area contributed by atoms with Crippen molar-refractivity contribution in [1.29, 1.82) is 0 Å². The fraction of sp³-hybridized carbons (Fsp3) is 0.231. The number of amides is 4. The summed E-state index contributed by atoms with van der Waals surface area (Å²) in [5, 5.41) is 2.23. The van der Waals surface area contributed by atoms with Crippen molar-refractivity contribution in [3.63, 3.8) is 0 Å². The summed E-state index contributed by atoms with van der Waals surface area (Å²) < 4.78 is 11.1. The van der Waals surface area contributed by atoms with E-state index in [1.54, 1.807) is 37.3 Å². The normalized spacial score (nSPS) is 14.7. The highest BCUT2D eigenvalue weighted by Gasteiger charge is 2.37. The van der Waals surface area contributed by atoms with E-state index in [-0.39, 0.29) is 18.8 Å². The van der Waals surface area contributed by atoms with E-state index >= 15 is 0 Å². The Morgan fingerprint density at radius 1 is 1.11 bits per heavy atom. The molecule has 0 atom stereocenters. The van der Waals surface area contributed by atoms with Crippen LogP contribution in [0.4, 0.5) is 10.5 Å². The van der Waals surface area contributed by atoms with Gasteiger partial charge in [-0.15, -0.1) is 6.58 Å². The second kappa shape index (κ2) is 11.1. The average Bonchev–Trinajstić information content (AvgIpc) is 2.75. The topological polar surface area (TPSA) is 102 Å². The number of nitrogens with one attached hydrogen (secondary N) is 1. The number of barbiturate groups is 1. The predicted octanol–water partition coefficient (Wildman–Crippen LogP) is 4.40. The summed E-state index contributed by atoms with van der Waals surface area (Å²) >= 11 is 3.44. The third-order valence-electron chi connectivity index (χ3n) is 5.02. The van der Waals surface area contributed by atoms with E-state index in [4.69, 9.17) is 9.47 Å². The predicted molar refractivity (Wildman–Crippen MR) is 135 cm³/mol. The first-order valence-electron chi connectivity index (χ1n) is 10.9. The van der Waals surface area contributed by atoms with E-state index in [1.165, 1.54) is 6.08 Å². The Kier molecular flexibility index (Phi) is 8.24. The summed E-state index contributed by atoms with van der Waals surface area (Å²) in [6.45, 7) is 9.13. The van der Waals surface area contributed by atoms with Crippen molar-refractivity contribution in [2.45, 2.75) is 27.2 Å². The molecule has 9 heteroatoms. The number of aryl methyl sites for hydroxylation is 2. The van der Waals surface area contributed by atoms with Gasteiger partial charge in [-0.3, -0.25) is 14.9 Å². The first-order chi connectivity index (χ1) is 16.6. The van der Waals surface area contributed by atoms with E-state index in [1.807, 2.05) is 19.9 Å². The van der Waals surface area contributed by atoms with Crippen molar-refractivity contribution in [3.05, 3.63) is 75.3 Å². The van der Waals surface area contributed by atoms with Crippen LogP contribution in [-0.2, 0) is 25.5 Å². The molecule has 1 aliphatic rings. The zero-order chi connectivity index (χ0) is 25.7. The quantitative estimate of drug-likeness (QED) is 0.230. The molecule has 1 N–H and O–H groups in total. The van der Waals surface area contributed by atoms with Crippen LogP contribution in [0.2, 0.25) is 0 Å². The highest BCUT2D eigenvalue weighted by molar-refractivity contribution is 9.10. The Labute approximate surface area is 211 Å². The standard InChI is InChI=1S/C26H25BrN2O6/c1-5-7-18-11-17(13-21(27)23(18)35-14-22(30)34-6-2)12-20-24(31)28-26(33)29(25(20)32)19-9-15(3)8-16(4)10-19/h5,8-13H,1,6-7,14H2,2-4H3,(H,28,31,33)/b20-12+. The summed E-state index contributed by atoms with van der Waals surface area (Å²) in [4.78, 5) is 51.0. The number of benzene rings is 2. The molecular weight excluding hydrogens is 516 g/mol. The van der Waals surface area contributed by atoms with Gasteiger partial charge in [0.15, 0.2) is 6.61 Å². The number of rotatable bonds is 8. The lowest BCUT2D eigenvalue weighted by Crippen LogP contribution is -2.54. The molecule has 2 aromatic carbocycles. The molecule has 0 saturated carbocycles. The molecule has 4 amide bonds. The highest BCUT2D eigenvalue weighted by atomic mass is 79.9. The number of ether oxygens (including phenoxy) is 2. The number of hydrogen-bond acceptors (Lipinski definition) is 6. The average molecular weight is 541 g/mol. The number of imide groups is 2. The highest BCUT2D eigenvalue weighted by Crippen LogP contribution is 2.33. The van der Waals surface area contributed by atoms with E-state index in [0.29, 0.717) is 33.5 Å². The van der Waals surface area contributed by atoms with Crippen molar-refractivity contribution >= 4 is 51.5 Å². The Morgan fingerprint density at radius 3 is 2.43 bits per heavy atom. The molecule has 2 aromatic rings. The molecular formula is C26H25BrN2O6. The summed E-state index contributed by atoms with van der Waals surface area (Å²) in [5.74, 6) is -1.60. The van der Waals surface area contributed by atoms with Crippen LogP contribution in [0.3, 0.4) is 0 Å². The molecule has 1 heterocycles. The third-order valence-corrected chi connectivity index (χ3v) is 5.61. The van der Waals surface area contributed by atoms with Gasteiger partial charge < -0.3 is 9.47 Å². The zero-order valence-electron chi connectivity index (χ0n) is 19.6. The lowest BCUT2D eigenvalue weighted by Gasteiger charge is -2.27. The second-order valence-electron chi connectivity index (χ2n) is 7.88. The number of hydrogen-bond donors (Lipinski definition) is 1. The maximum absolute atomic E-state index is 13.2. The van der Waals surface area contributed by atoms with Gasteiger partial charge in [0, 0.05) is 0 Å². The Balaban J connectivity index is 1.99. The Hall–Kier alpha value is -3.72. The summed E-state index contributed by atoms with van der Waals surface area (Å²) in [5.41, 5.74) is 3.13. The van der Waals surface area contributed by atoms with Crippen molar-refractivity contribution in [2.24, 2.45) is 0 Å². The fourth-order valence-electron chi connectivity index (χ4n) is 3.70. The number of nitrogens with zero attached hydrogens (tertiary/aromatic N) is 1. The van der Waals surface area contributed by atoms with Crippen LogP contribution in [0, 0.1) is 13.8 Å². The molecule has 182 valence electrons. The molecule has 0 bridgehead atoms. The first-order valence-corrected chi connectivity index (χ1v) is 11.6. The Morgan fingerprint density at radius 2 is 1.80 bits per heavy atom. The number of esters is 1. The van der Waals surface area contributed by atoms with Gasteiger partial charge in [0.2, 0.25) is 0 Å². The minimum atomic E-state index is -0.807. The number of halogens is 1. The van der Waals surface area contributed by atoms with Gasteiger partial charge in [-0.25, -0.2) is 14.5 Å². The van der Waals surface area contributed by atoms with Crippen molar-refractivity contribution < 1.29 is 28.7 Å². The number of urea groups is 1. The van der Waals surface area contributed by atoms with Crippen molar-refractivity contribution in [2.75, 3.05) is 18.1 Å². The van der Waals surface area contributed by atoms with Crippen LogP contribution in [0.15, 0.2) is 53.0 Å². The minimum absolute atomic E-state index is 0.194. The van der Waals surface area contributed by atoms with Crippen LogP contribution in [-0.4, -0.2) is 37.0 Å². The fourth-order valence-corrected chi connectivity index (χ4v) is 4.33. The summed E-state index contributed by atoms with van der Waals surface area (Å²) in [6.07, 6.45) is 3.47. The molecule has 1 saturated heterocycles. The lowest BCUT2D eigenvalue weighted by molar-refractivity contribution is -0.145. The monoisotopic (exact) mass is 540 g/mol. The van der Waals surface area contributed by atoms with Crippen LogP contribution in [0.5, 0.6) is 5.75 Å². The van der Waals surface area contributed by atoms with E-state index in [0.717, 1.165) is 16.0 Å². The molecule has 0 radical (unpaired) electrons. The van der Waals surface area contributed by atoms with Gasteiger partial charge in [-0.1, -0.05) is 12.1 Å². The summed E-state index contributed by atoms with van der Waals surface area (Å²) in [7, 11) is 0. The van der Waals surface area contributed by atoms with Crippen LogP contribution in [0.1, 0.15) is 29.2 Å². The van der Waals surface area contributed by atoms with Crippen molar-refractivity contribution in [1.82, 2.24) is 5.32 Å². The van der Waals surface area contributed by atoms with E-state index in [9.17, 15) is 19.2 Å². The van der Waals surface area contributed by atoms with Gasteiger partial charge in [-0.05, 0) is 95.7 Å². The van der Waals surface area contributed by atoms with Crippen molar-refractivity contribution in [3.8, 4) is 5.75 Å². The molecule has 35 heavy (non-hydrogen) atoms. The second-order valence-corrected chi connectivity index (χ2v) is 8.74. The minimum Gasteiger partial charge on any atom is -0.480 e. The number of carbonyl (C=O) groups excluding carboxylic acids is 4. The zero-order valence-corrected chi connectivity index (χ0v) is 21.2. The van der Waals surface area contributed by atoms with Crippen LogP contribution in [0.25, 0.3) is 6.08 Å². The lowest BCUT2D eigenvalue weighted by atomic mass is 10.0. The van der Waals surface area contributed by atoms with Gasteiger partial charge in [-0.2, -0.15) is 0 Å². The SMILES string of the molecule is C=CCc1cc(/C=C2\C(=O)NC(=O)N(c3cc(C)cc(C)c3)C2=O)cc(Br)c1OCC(=O)OCC. The van der Waals surface area contributed by atoms with Gasteiger partial charge in [0.25, 0.3) is 11.8 Å². The largest absolute Gasteiger partial charge is 0.480 e. The summed E-state index contributed by atoms with van der Waals surface area (Å²) in [6, 6.07) is 7.88. The number of anilines is 1. The smallest absolute Gasteiger partial charge is 0.344 e. The van der Waals surface area contributed by atoms with Crippen LogP contribution < -0.4 is 15.0 Å². The molecule has 0 aromatic heterocycles. The molecule has 3 rings (SSSR count). The first kappa shape index (κ1) is 25.9. The van der Waals surface area contributed by atoms with Gasteiger partial charge >= 0.3 is 12.0 Å². The third kappa shape index (κ3) is 6.05. The number of allylic oxidation sites excluding steroid dienone is 1. The Bertz CT molecular complexity index is 1230. The molecule has 8 nitrogen and oxygen atoms in total. The van der Waals surface area contributed by atoms with Gasteiger partial charge in [0.05, 0.1) is 16.8 Å². The molecule has 0 aliphatic carbocycles.